The molecule has 2 heterocycles. The van der Waals surface area contributed by atoms with Gasteiger partial charge in [0, 0.05) is 18.3 Å². The van der Waals surface area contributed by atoms with Gasteiger partial charge in [-0.2, -0.15) is 0 Å². The van der Waals surface area contributed by atoms with Crippen LogP contribution in [0.15, 0.2) is 66.7 Å². The molecule has 0 aliphatic carbocycles. The second-order valence-corrected chi connectivity index (χ2v) is 7.11. The lowest BCUT2D eigenvalue weighted by Gasteiger charge is -2.20. The van der Waals surface area contributed by atoms with Gasteiger partial charge in [-0.3, -0.25) is 9.59 Å². The first-order chi connectivity index (χ1) is 15.1. The number of nitrogens with zero attached hydrogens (tertiary/aromatic N) is 4. The van der Waals surface area contributed by atoms with E-state index >= 15 is 0 Å². The number of nitrogens with one attached hydrogen (secondary N) is 1. The Labute approximate surface area is 178 Å². The second kappa shape index (κ2) is 7.56. The SMILES string of the molecule is CCN1C(=O)c2ccccc2Oc2cc(NC(=O)Cn3nnc4ccccc43)ccc21. The summed E-state index contributed by atoms with van der Waals surface area (Å²) in [6.45, 7) is 2.43. The van der Waals surface area contributed by atoms with Gasteiger partial charge in [-0.15, -0.1) is 5.10 Å². The van der Waals surface area contributed by atoms with Crippen molar-refractivity contribution in [3.05, 3.63) is 72.3 Å². The van der Waals surface area contributed by atoms with Crippen LogP contribution in [0.1, 0.15) is 17.3 Å². The summed E-state index contributed by atoms with van der Waals surface area (Å²) in [7, 11) is 0. The van der Waals surface area contributed by atoms with Gasteiger partial charge in [0.05, 0.1) is 16.8 Å². The zero-order valence-electron chi connectivity index (χ0n) is 16.8. The number of hydrogen-bond donors (Lipinski definition) is 1. The molecule has 4 aromatic rings. The van der Waals surface area contributed by atoms with Crippen molar-refractivity contribution in [1.82, 2.24) is 15.0 Å². The van der Waals surface area contributed by atoms with Crippen molar-refractivity contribution in [1.29, 1.82) is 0 Å². The van der Waals surface area contributed by atoms with Crippen molar-refractivity contribution < 1.29 is 14.3 Å². The first kappa shape index (κ1) is 18.8. The lowest BCUT2D eigenvalue weighted by molar-refractivity contribution is -0.116. The molecular weight excluding hydrogens is 394 g/mol. The molecule has 1 N–H and O–H groups in total. The summed E-state index contributed by atoms with van der Waals surface area (Å²) in [5.74, 6) is 0.631. The number of aromatic nitrogens is 3. The van der Waals surface area contributed by atoms with E-state index in [2.05, 4.69) is 15.6 Å². The Hall–Kier alpha value is -4.20. The molecule has 31 heavy (non-hydrogen) atoms. The second-order valence-electron chi connectivity index (χ2n) is 7.11. The molecule has 0 radical (unpaired) electrons. The topological polar surface area (TPSA) is 89.4 Å². The van der Waals surface area contributed by atoms with Gasteiger partial charge in [0.25, 0.3) is 5.91 Å². The van der Waals surface area contributed by atoms with E-state index in [4.69, 9.17) is 4.74 Å². The largest absolute Gasteiger partial charge is 0.454 e. The number of para-hydroxylation sites is 2. The third-order valence-corrected chi connectivity index (χ3v) is 5.15. The number of carbonyl (C=O) groups excluding carboxylic acids is 2. The van der Waals surface area contributed by atoms with E-state index < -0.39 is 0 Å². The van der Waals surface area contributed by atoms with E-state index in [1.165, 1.54) is 0 Å². The van der Waals surface area contributed by atoms with Gasteiger partial charge in [0.1, 0.15) is 17.8 Å². The molecule has 1 aliphatic rings. The average Bonchev–Trinajstić information content (AvgIpc) is 3.13. The molecule has 3 aromatic carbocycles. The molecule has 0 atom stereocenters. The molecule has 0 saturated heterocycles. The highest BCUT2D eigenvalue weighted by atomic mass is 16.5. The molecule has 0 spiro atoms. The van der Waals surface area contributed by atoms with E-state index in [-0.39, 0.29) is 18.4 Å². The third-order valence-electron chi connectivity index (χ3n) is 5.15. The Morgan fingerprint density at radius 1 is 1.03 bits per heavy atom. The first-order valence-corrected chi connectivity index (χ1v) is 9.95. The van der Waals surface area contributed by atoms with Crippen LogP contribution in [-0.4, -0.2) is 33.4 Å². The monoisotopic (exact) mass is 413 g/mol. The van der Waals surface area contributed by atoms with Crippen molar-refractivity contribution in [3.63, 3.8) is 0 Å². The summed E-state index contributed by atoms with van der Waals surface area (Å²) in [6, 6.07) is 19.9. The van der Waals surface area contributed by atoms with E-state index in [9.17, 15) is 9.59 Å². The van der Waals surface area contributed by atoms with Crippen LogP contribution in [0.4, 0.5) is 11.4 Å². The number of rotatable bonds is 4. The number of ether oxygens (including phenoxy) is 1. The van der Waals surface area contributed by atoms with Crippen LogP contribution >= 0.6 is 0 Å². The minimum absolute atomic E-state index is 0.0286. The quantitative estimate of drug-likeness (QED) is 0.549. The van der Waals surface area contributed by atoms with Gasteiger partial charge < -0.3 is 15.0 Å². The van der Waals surface area contributed by atoms with Gasteiger partial charge in [-0.25, -0.2) is 4.68 Å². The zero-order valence-corrected chi connectivity index (χ0v) is 16.8. The summed E-state index contributed by atoms with van der Waals surface area (Å²) in [4.78, 5) is 27.2. The molecule has 8 nitrogen and oxygen atoms in total. The normalized spacial score (nSPS) is 12.7. The number of benzene rings is 3. The fourth-order valence-electron chi connectivity index (χ4n) is 3.69. The number of carbonyl (C=O) groups is 2. The Bertz CT molecular complexity index is 1310. The highest BCUT2D eigenvalue weighted by Gasteiger charge is 2.27. The molecule has 5 rings (SSSR count). The zero-order chi connectivity index (χ0) is 21.4. The Morgan fingerprint density at radius 2 is 1.84 bits per heavy atom. The smallest absolute Gasteiger partial charge is 0.262 e. The fraction of sp³-hybridized carbons (Fsp3) is 0.130. The van der Waals surface area contributed by atoms with Crippen LogP contribution in [0.2, 0.25) is 0 Å². The molecule has 2 amide bonds. The highest BCUT2D eigenvalue weighted by molar-refractivity contribution is 6.09. The van der Waals surface area contributed by atoms with Crippen molar-refractivity contribution >= 4 is 34.2 Å². The summed E-state index contributed by atoms with van der Waals surface area (Å²) in [6.07, 6.45) is 0. The standard InChI is InChI=1S/C23H19N5O3/c1-2-27-19-12-11-15(13-21(19)31-20-10-6-3-7-16(20)23(27)30)24-22(29)14-28-18-9-5-4-8-17(18)25-26-28/h3-13H,2,14H2,1H3,(H,24,29). The Kier molecular flexibility index (Phi) is 4.59. The molecule has 154 valence electrons. The van der Waals surface area contributed by atoms with Gasteiger partial charge in [-0.1, -0.05) is 29.5 Å². The summed E-state index contributed by atoms with van der Waals surface area (Å²) < 4.78 is 7.60. The van der Waals surface area contributed by atoms with Crippen molar-refractivity contribution in [2.75, 3.05) is 16.8 Å². The predicted octanol–water partition coefficient (Wildman–Crippen LogP) is 3.84. The van der Waals surface area contributed by atoms with Crippen LogP contribution in [-0.2, 0) is 11.3 Å². The van der Waals surface area contributed by atoms with E-state index in [0.29, 0.717) is 35.0 Å². The lowest BCUT2D eigenvalue weighted by atomic mass is 10.1. The maximum Gasteiger partial charge on any atom is 0.262 e. The molecule has 1 aromatic heterocycles. The van der Waals surface area contributed by atoms with Crippen LogP contribution in [0.25, 0.3) is 11.0 Å². The van der Waals surface area contributed by atoms with Gasteiger partial charge in [0.2, 0.25) is 5.91 Å². The number of anilines is 2. The molecule has 0 saturated carbocycles. The molecule has 0 bridgehead atoms. The van der Waals surface area contributed by atoms with Crippen molar-refractivity contribution in [3.8, 4) is 11.5 Å². The van der Waals surface area contributed by atoms with Gasteiger partial charge in [0.15, 0.2) is 5.75 Å². The van der Waals surface area contributed by atoms with Crippen molar-refractivity contribution in [2.24, 2.45) is 0 Å². The first-order valence-electron chi connectivity index (χ1n) is 9.95. The number of fused-ring (bicyclic) bond motifs is 3. The van der Waals surface area contributed by atoms with E-state index in [1.807, 2.05) is 43.3 Å². The molecule has 0 fully saturated rings. The fourth-order valence-corrected chi connectivity index (χ4v) is 3.69. The van der Waals surface area contributed by atoms with Crippen molar-refractivity contribution in [2.45, 2.75) is 13.5 Å². The molecule has 8 heteroatoms. The maximum atomic E-state index is 12.9. The third kappa shape index (κ3) is 3.38. The van der Waals surface area contributed by atoms with Gasteiger partial charge >= 0.3 is 0 Å². The van der Waals surface area contributed by atoms with E-state index in [0.717, 1.165) is 11.0 Å². The summed E-state index contributed by atoms with van der Waals surface area (Å²) >= 11 is 0. The molecule has 1 aliphatic heterocycles. The van der Waals surface area contributed by atoms with Crippen LogP contribution in [0.3, 0.4) is 0 Å². The maximum absolute atomic E-state index is 12.9. The van der Waals surface area contributed by atoms with Gasteiger partial charge in [-0.05, 0) is 43.3 Å². The summed E-state index contributed by atoms with van der Waals surface area (Å²) in [5.41, 5.74) is 3.25. The summed E-state index contributed by atoms with van der Waals surface area (Å²) in [5, 5.41) is 11.0. The Morgan fingerprint density at radius 3 is 2.71 bits per heavy atom. The average molecular weight is 413 g/mol. The molecular formula is C23H19N5O3. The number of hydrogen-bond acceptors (Lipinski definition) is 5. The minimum Gasteiger partial charge on any atom is -0.454 e. The Balaban J connectivity index is 1.42. The molecule has 0 unspecified atom stereocenters. The predicted molar refractivity (Wildman–Crippen MR) is 116 cm³/mol. The highest BCUT2D eigenvalue weighted by Crippen LogP contribution is 2.40. The van der Waals surface area contributed by atoms with Crippen LogP contribution in [0.5, 0.6) is 11.5 Å². The van der Waals surface area contributed by atoms with E-state index in [1.54, 1.807) is 39.9 Å². The van der Waals surface area contributed by atoms with Crippen LogP contribution in [0, 0.1) is 0 Å². The minimum atomic E-state index is -0.243. The number of amides is 2. The van der Waals surface area contributed by atoms with Crippen LogP contribution < -0.4 is 15.0 Å². The lowest BCUT2D eigenvalue weighted by Crippen LogP contribution is -2.29.